The number of aromatic nitrogens is 1. The number of benzene rings is 1. The Hall–Kier alpha value is -3.80. The molecular weight excluding hydrogens is 520 g/mol. The molecule has 2 saturated heterocycles. The first kappa shape index (κ1) is 28.2. The number of rotatable bonds is 14. The molecule has 12 nitrogen and oxygen atoms in total. The van der Waals surface area contributed by atoms with Crippen LogP contribution >= 0.6 is 11.8 Å². The fourth-order valence-electron chi connectivity index (χ4n) is 4.54. The van der Waals surface area contributed by atoms with Gasteiger partial charge in [-0.2, -0.15) is 11.8 Å². The molecule has 13 heteroatoms. The molecule has 206 valence electrons. The minimum absolute atomic E-state index is 0.00381. The van der Waals surface area contributed by atoms with Crippen LogP contribution in [0.2, 0.25) is 0 Å². The van der Waals surface area contributed by atoms with Crippen LogP contribution in [0.5, 0.6) is 0 Å². The summed E-state index contributed by atoms with van der Waals surface area (Å²) < 4.78 is 5.48. The Balaban J connectivity index is 1.01. The molecule has 0 unspecified atom stereocenters. The van der Waals surface area contributed by atoms with Crippen LogP contribution < -0.4 is 21.3 Å². The zero-order valence-electron chi connectivity index (χ0n) is 21.5. The molecule has 2 aliphatic rings. The van der Waals surface area contributed by atoms with Crippen molar-refractivity contribution in [1.29, 1.82) is 0 Å². The summed E-state index contributed by atoms with van der Waals surface area (Å²) >= 11 is 1.89. The second-order valence-electron chi connectivity index (χ2n) is 9.29. The highest BCUT2D eigenvalue weighted by atomic mass is 32.2. The number of carbonyl (C=O) groups excluding carboxylic acids is 3. The number of thioether (sulfide) groups is 1. The number of nitrogens with zero attached hydrogens (tertiary/aromatic N) is 4. The predicted octanol–water partition coefficient (Wildman–Crippen LogP) is 3.16. The highest BCUT2D eigenvalue weighted by molar-refractivity contribution is 8.00. The molecule has 39 heavy (non-hydrogen) atoms. The lowest BCUT2D eigenvalue weighted by Crippen LogP contribution is -2.36. The molecule has 0 spiro atoms. The molecule has 2 aromatic rings. The maximum absolute atomic E-state index is 12.1. The van der Waals surface area contributed by atoms with Crippen LogP contribution in [0.4, 0.5) is 10.5 Å². The summed E-state index contributed by atoms with van der Waals surface area (Å²) in [7, 11) is 0. The van der Waals surface area contributed by atoms with Gasteiger partial charge in [0.25, 0.3) is 0 Å². The van der Waals surface area contributed by atoms with E-state index in [2.05, 4.69) is 36.3 Å². The molecule has 0 aliphatic carbocycles. The summed E-state index contributed by atoms with van der Waals surface area (Å²) in [5, 5.41) is 16.4. The van der Waals surface area contributed by atoms with Crippen molar-refractivity contribution in [3.8, 4) is 0 Å². The van der Waals surface area contributed by atoms with Crippen LogP contribution in [0, 0.1) is 0 Å². The van der Waals surface area contributed by atoms with Gasteiger partial charge in [-0.15, -0.1) is 0 Å². The molecule has 0 bridgehead atoms. The Labute approximate surface area is 230 Å². The lowest BCUT2D eigenvalue weighted by Gasteiger charge is -2.16. The van der Waals surface area contributed by atoms with E-state index in [1.54, 1.807) is 24.4 Å². The van der Waals surface area contributed by atoms with Gasteiger partial charge in [0.1, 0.15) is 0 Å². The van der Waals surface area contributed by atoms with Crippen LogP contribution in [0.25, 0.3) is 27.4 Å². The number of unbranched alkanes of at least 4 members (excludes halogenated alkanes) is 1. The maximum Gasteiger partial charge on any atom is 0.315 e. The van der Waals surface area contributed by atoms with Gasteiger partial charge in [0.05, 0.1) is 30.8 Å². The van der Waals surface area contributed by atoms with E-state index in [-0.39, 0.29) is 29.9 Å². The molecule has 0 saturated carbocycles. The van der Waals surface area contributed by atoms with E-state index in [1.165, 1.54) is 6.08 Å². The quantitative estimate of drug-likeness (QED) is 0.0700. The van der Waals surface area contributed by atoms with Crippen molar-refractivity contribution >= 4 is 52.3 Å². The average molecular weight is 553 g/mol. The number of urea groups is 1. The monoisotopic (exact) mass is 552 g/mol. The number of fused-ring (bicyclic) bond motifs is 2. The van der Waals surface area contributed by atoms with Gasteiger partial charge in [0.15, 0.2) is 0 Å². The van der Waals surface area contributed by atoms with Gasteiger partial charge in [-0.05, 0) is 42.1 Å². The van der Waals surface area contributed by atoms with E-state index < -0.39 is 0 Å². The molecule has 4 N–H and O–H groups in total. The summed E-state index contributed by atoms with van der Waals surface area (Å²) in [6, 6.07) is 7.47. The summed E-state index contributed by atoms with van der Waals surface area (Å²) in [5.74, 6) is 0.703. The molecule has 1 aromatic heterocycles. The molecular formula is C26H32N8O4S. The van der Waals surface area contributed by atoms with Gasteiger partial charge in [-0.3, -0.25) is 14.6 Å². The Morgan fingerprint density at radius 3 is 2.90 bits per heavy atom. The van der Waals surface area contributed by atoms with E-state index in [0.29, 0.717) is 49.2 Å². The van der Waals surface area contributed by atoms with Crippen molar-refractivity contribution in [3.05, 3.63) is 52.5 Å². The predicted molar refractivity (Wildman–Crippen MR) is 150 cm³/mol. The third-order valence-corrected chi connectivity index (χ3v) is 7.98. The largest absolute Gasteiger partial charge is 0.378 e. The van der Waals surface area contributed by atoms with Gasteiger partial charge >= 0.3 is 6.03 Å². The lowest BCUT2D eigenvalue weighted by atomic mass is 10.0. The van der Waals surface area contributed by atoms with Gasteiger partial charge in [-0.1, -0.05) is 23.7 Å². The first-order valence-electron chi connectivity index (χ1n) is 13.0. The highest BCUT2D eigenvalue weighted by Gasteiger charge is 2.42. The number of amides is 4. The van der Waals surface area contributed by atoms with Gasteiger partial charge in [0.2, 0.25) is 11.8 Å². The third kappa shape index (κ3) is 8.60. The van der Waals surface area contributed by atoms with Crippen molar-refractivity contribution in [2.75, 3.05) is 32.1 Å². The van der Waals surface area contributed by atoms with Crippen molar-refractivity contribution in [1.82, 2.24) is 26.3 Å². The van der Waals surface area contributed by atoms with E-state index in [0.717, 1.165) is 36.0 Å². The second-order valence-corrected chi connectivity index (χ2v) is 10.6. The number of ether oxygens (including phenoxy) is 1. The zero-order chi connectivity index (χ0) is 27.5. The van der Waals surface area contributed by atoms with Gasteiger partial charge < -0.3 is 26.0 Å². The normalized spacial score (nSPS) is 19.8. The summed E-state index contributed by atoms with van der Waals surface area (Å²) in [5.41, 5.74) is 10.5. The molecule has 3 heterocycles. The fourth-order valence-corrected chi connectivity index (χ4v) is 6.08. The van der Waals surface area contributed by atoms with Crippen LogP contribution in [0.1, 0.15) is 31.2 Å². The smallest absolute Gasteiger partial charge is 0.315 e. The van der Waals surface area contributed by atoms with E-state index in [1.807, 2.05) is 23.9 Å². The van der Waals surface area contributed by atoms with Crippen molar-refractivity contribution in [2.45, 2.75) is 43.0 Å². The van der Waals surface area contributed by atoms with Crippen molar-refractivity contribution in [3.63, 3.8) is 0 Å². The molecule has 4 amide bonds. The maximum atomic E-state index is 12.1. The third-order valence-electron chi connectivity index (χ3n) is 6.47. The number of pyridine rings is 1. The summed E-state index contributed by atoms with van der Waals surface area (Å²) in [4.78, 5) is 42.6. The molecule has 2 aliphatic heterocycles. The Morgan fingerprint density at radius 1 is 1.21 bits per heavy atom. The molecule has 4 rings (SSSR count). The van der Waals surface area contributed by atoms with Crippen molar-refractivity contribution < 1.29 is 19.1 Å². The minimum Gasteiger partial charge on any atom is -0.378 e. The molecule has 3 atom stereocenters. The molecule has 0 radical (unpaired) electrons. The Bertz CT molecular complexity index is 1270. The molecule has 2 fully saturated rings. The van der Waals surface area contributed by atoms with Crippen LogP contribution in [-0.4, -0.2) is 72.2 Å². The minimum atomic E-state index is -0.246. The van der Waals surface area contributed by atoms with Crippen LogP contribution in [-0.2, 0) is 14.3 Å². The first-order chi connectivity index (χ1) is 19.0. The second kappa shape index (κ2) is 14.4. The number of hydrogen-bond acceptors (Lipinski definition) is 7. The Kier molecular flexibility index (Phi) is 10.4. The number of nitrogens with one attached hydrogen (secondary N) is 4. The average Bonchev–Trinajstić information content (AvgIpc) is 3.48. The summed E-state index contributed by atoms with van der Waals surface area (Å²) in [6.45, 7) is 1.49. The number of hydrogen-bond donors (Lipinski definition) is 4. The molecule has 1 aromatic carbocycles. The summed E-state index contributed by atoms with van der Waals surface area (Å²) in [6.07, 6.45) is 7.98. The van der Waals surface area contributed by atoms with E-state index in [9.17, 15) is 14.4 Å². The van der Waals surface area contributed by atoms with E-state index in [4.69, 9.17) is 10.3 Å². The number of azide groups is 1. The SMILES string of the molecule is [N-]=[N+]=Nc1ccc2cc(/C=C/C(=O)NCCOCCNC(=O)CCCC[C@@H]3SC[C@@H]4NC(=O)N[C@@H]43)cnc2c1. The van der Waals surface area contributed by atoms with Gasteiger partial charge in [0, 0.05) is 58.8 Å². The van der Waals surface area contributed by atoms with Crippen LogP contribution in [0.3, 0.4) is 0 Å². The number of carbonyl (C=O) groups is 3. The van der Waals surface area contributed by atoms with E-state index >= 15 is 0 Å². The van der Waals surface area contributed by atoms with Crippen LogP contribution in [0.15, 0.2) is 41.7 Å². The lowest BCUT2D eigenvalue weighted by molar-refractivity contribution is -0.121. The van der Waals surface area contributed by atoms with Crippen molar-refractivity contribution in [2.24, 2.45) is 5.11 Å². The Morgan fingerprint density at radius 2 is 2.05 bits per heavy atom. The standard InChI is InChI=1S/C26H32N8O4S/c27-34-33-19-7-6-18-13-17(15-30-20(18)14-19)5-8-24(36)29-10-12-38-11-9-28-23(35)4-2-1-3-22-25-21(16-39-22)31-26(37)32-25/h5-8,13-15,21-22,25H,1-4,9-12,16H2,(H,28,35)(H,29,36)(H2,31,32,37)/b8-5+/t21-,22-,25-/m0/s1. The first-order valence-corrected chi connectivity index (χ1v) is 14.0. The highest BCUT2D eigenvalue weighted by Crippen LogP contribution is 2.33. The van der Waals surface area contributed by atoms with Gasteiger partial charge in [-0.25, -0.2) is 4.79 Å². The zero-order valence-corrected chi connectivity index (χ0v) is 22.3. The fraction of sp³-hybridized carbons (Fsp3) is 0.462. The topological polar surface area (TPSA) is 170 Å².